The molecule has 0 bridgehead atoms. The Balaban J connectivity index is 1.89. The Morgan fingerprint density at radius 1 is 1.11 bits per heavy atom. The summed E-state index contributed by atoms with van der Waals surface area (Å²) in [5.41, 5.74) is 1.84. The third-order valence-corrected chi connectivity index (χ3v) is 3.43. The number of nitrogens with zero attached hydrogens (tertiary/aromatic N) is 2. The summed E-state index contributed by atoms with van der Waals surface area (Å²) in [4.78, 5) is 0. The van der Waals surface area contributed by atoms with Crippen LogP contribution in [-0.4, -0.2) is 9.78 Å². The predicted molar refractivity (Wildman–Crippen MR) is 75.0 cm³/mol. The van der Waals surface area contributed by atoms with Gasteiger partial charge in [0.2, 0.25) is 0 Å². The summed E-state index contributed by atoms with van der Waals surface area (Å²) < 4.78 is 7.08. The SMILES string of the molecule is Clc1ccc(C(Cl)c2cnn(-c3ccccc3)c2)o1. The van der Waals surface area contributed by atoms with Gasteiger partial charge in [-0.25, -0.2) is 4.68 Å². The minimum Gasteiger partial charge on any atom is -0.448 e. The highest BCUT2D eigenvalue weighted by Gasteiger charge is 2.17. The second-order valence-electron chi connectivity index (χ2n) is 4.06. The van der Waals surface area contributed by atoms with Gasteiger partial charge < -0.3 is 4.42 Å². The molecule has 0 aliphatic rings. The maximum atomic E-state index is 6.34. The monoisotopic (exact) mass is 292 g/mol. The first-order valence-electron chi connectivity index (χ1n) is 5.73. The zero-order valence-electron chi connectivity index (χ0n) is 9.83. The van der Waals surface area contributed by atoms with Crippen molar-refractivity contribution in [2.75, 3.05) is 0 Å². The predicted octanol–water partition coefficient (Wildman–Crippen LogP) is 4.45. The molecule has 0 saturated carbocycles. The van der Waals surface area contributed by atoms with E-state index in [1.807, 2.05) is 36.5 Å². The molecule has 0 amide bonds. The van der Waals surface area contributed by atoms with Gasteiger partial charge in [0.25, 0.3) is 0 Å². The summed E-state index contributed by atoms with van der Waals surface area (Å²) in [6.45, 7) is 0. The molecule has 0 saturated heterocycles. The molecule has 1 atom stereocenters. The van der Waals surface area contributed by atoms with Crippen LogP contribution in [0.2, 0.25) is 5.22 Å². The fourth-order valence-electron chi connectivity index (χ4n) is 1.82. The number of rotatable bonds is 3. The molecule has 3 rings (SSSR count). The first-order chi connectivity index (χ1) is 9.24. The molecular formula is C14H10Cl2N2O. The van der Waals surface area contributed by atoms with Crippen LogP contribution in [0.3, 0.4) is 0 Å². The van der Waals surface area contributed by atoms with Crippen molar-refractivity contribution in [2.45, 2.75) is 5.38 Å². The third-order valence-electron chi connectivity index (χ3n) is 2.76. The molecule has 2 aromatic heterocycles. The van der Waals surface area contributed by atoms with Crippen molar-refractivity contribution in [1.82, 2.24) is 9.78 Å². The summed E-state index contributed by atoms with van der Waals surface area (Å²) >= 11 is 12.1. The highest BCUT2D eigenvalue weighted by Crippen LogP contribution is 2.31. The Morgan fingerprint density at radius 2 is 1.89 bits per heavy atom. The lowest BCUT2D eigenvalue weighted by molar-refractivity contribution is 0.518. The summed E-state index contributed by atoms with van der Waals surface area (Å²) in [5.74, 6) is 0.610. The topological polar surface area (TPSA) is 31.0 Å². The average Bonchev–Trinajstić information content (AvgIpc) is 3.08. The number of alkyl halides is 1. The lowest BCUT2D eigenvalue weighted by Crippen LogP contribution is -1.93. The van der Waals surface area contributed by atoms with E-state index in [-0.39, 0.29) is 0 Å². The van der Waals surface area contributed by atoms with Crippen molar-refractivity contribution in [3.63, 3.8) is 0 Å². The van der Waals surface area contributed by atoms with Gasteiger partial charge in [-0.15, -0.1) is 11.6 Å². The third kappa shape index (κ3) is 2.53. The second-order valence-corrected chi connectivity index (χ2v) is 4.87. The van der Waals surface area contributed by atoms with E-state index in [4.69, 9.17) is 27.6 Å². The number of para-hydroxylation sites is 1. The molecule has 0 spiro atoms. The van der Waals surface area contributed by atoms with Crippen LogP contribution < -0.4 is 0 Å². The van der Waals surface area contributed by atoms with E-state index in [1.165, 1.54) is 0 Å². The maximum Gasteiger partial charge on any atom is 0.193 e. The maximum absolute atomic E-state index is 6.34. The van der Waals surface area contributed by atoms with Crippen molar-refractivity contribution >= 4 is 23.2 Å². The standard InChI is InChI=1S/C14H10Cl2N2O/c15-13-7-6-12(19-13)14(16)10-8-17-18(9-10)11-4-2-1-3-5-11/h1-9,14H. The number of halogens is 2. The number of aromatic nitrogens is 2. The Bertz CT molecular complexity index is 676. The fourth-order valence-corrected chi connectivity index (χ4v) is 2.20. The summed E-state index contributed by atoms with van der Waals surface area (Å²) in [6, 6.07) is 13.3. The molecule has 0 fully saturated rings. The molecule has 96 valence electrons. The van der Waals surface area contributed by atoms with Crippen molar-refractivity contribution < 1.29 is 4.42 Å². The van der Waals surface area contributed by atoms with Crippen LogP contribution in [0.4, 0.5) is 0 Å². The first kappa shape index (κ1) is 12.3. The van der Waals surface area contributed by atoms with Crippen LogP contribution >= 0.6 is 23.2 Å². The van der Waals surface area contributed by atoms with Crippen molar-refractivity contribution in [3.05, 3.63) is 71.4 Å². The van der Waals surface area contributed by atoms with Gasteiger partial charge in [-0.1, -0.05) is 18.2 Å². The minimum absolute atomic E-state index is 0.330. The molecule has 0 aliphatic heterocycles. The van der Waals surface area contributed by atoms with E-state index in [2.05, 4.69) is 5.10 Å². The van der Waals surface area contributed by atoms with E-state index < -0.39 is 5.38 Å². The molecule has 2 heterocycles. The molecule has 3 nitrogen and oxygen atoms in total. The number of benzene rings is 1. The lowest BCUT2D eigenvalue weighted by Gasteiger charge is -2.03. The summed E-state index contributed by atoms with van der Waals surface area (Å²) in [6.07, 6.45) is 3.60. The Kier molecular flexibility index (Phi) is 3.32. The molecule has 1 unspecified atom stereocenters. The van der Waals surface area contributed by atoms with Gasteiger partial charge in [-0.05, 0) is 35.9 Å². The molecular weight excluding hydrogens is 283 g/mol. The van der Waals surface area contributed by atoms with Gasteiger partial charge in [-0.2, -0.15) is 5.10 Å². The Hall–Kier alpha value is -1.71. The van der Waals surface area contributed by atoms with Crippen LogP contribution in [0.1, 0.15) is 16.7 Å². The lowest BCUT2D eigenvalue weighted by atomic mass is 10.2. The van der Waals surface area contributed by atoms with Crippen LogP contribution in [0, 0.1) is 0 Å². The van der Waals surface area contributed by atoms with Gasteiger partial charge in [0.05, 0.1) is 11.9 Å². The fraction of sp³-hybridized carbons (Fsp3) is 0.0714. The molecule has 0 aliphatic carbocycles. The zero-order chi connectivity index (χ0) is 13.2. The van der Waals surface area contributed by atoms with E-state index in [9.17, 15) is 0 Å². The van der Waals surface area contributed by atoms with Gasteiger partial charge in [0.15, 0.2) is 5.22 Å². The Morgan fingerprint density at radius 3 is 2.58 bits per heavy atom. The minimum atomic E-state index is -0.398. The smallest absolute Gasteiger partial charge is 0.193 e. The number of hydrogen-bond acceptors (Lipinski definition) is 2. The van der Waals surface area contributed by atoms with E-state index in [0.29, 0.717) is 11.0 Å². The number of furan rings is 1. The molecule has 5 heteroatoms. The highest BCUT2D eigenvalue weighted by molar-refractivity contribution is 6.29. The largest absolute Gasteiger partial charge is 0.448 e. The van der Waals surface area contributed by atoms with Crippen LogP contribution in [0.25, 0.3) is 5.69 Å². The summed E-state index contributed by atoms with van der Waals surface area (Å²) in [5, 5.41) is 4.23. The number of hydrogen-bond donors (Lipinski definition) is 0. The Labute approximate surface area is 120 Å². The molecule has 19 heavy (non-hydrogen) atoms. The van der Waals surface area contributed by atoms with E-state index in [0.717, 1.165) is 11.3 Å². The van der Waals surface area contributed by atoms with Crippen molar-refractivity contribution in [2.24, 2.45) is 0 Å². The second kappa shape index (κ2) is 5.11. The molecule has 0 N–H and O–H groups in total. The normalized spacial score (nSPS) is 12.5. The first-order valence-corrected chi connectivity index (χ1v) is 6.55. The van der Waals surface area contributed by atoms with Gasteiger partial charge in [0, 0.05) is 11.8 Å². The average molecular weight is 293 g/mol. The quantitative estimate of drug-likeness (QED) is 0.668. The van der Waals surface area contributed by atoms with E-state index >= 15 is 0 Å². The molecule has 1 aromatic carbocycles. The van der Waals surface area contributed by atoms with E-state index in [1.54, 1.807) is 23.0 Å². The zero-order valence-corrected chi connectivity index (χ0v) is 11.3. The highest BCUT2D eigenvalue weighted by atomic mass is 35.5. The van der Waals surface area contributed by atoms with Gasteiger partial charge in [0.1, 0.15) is 11.1 Å². The van der Waals surface area contributed by atoms with Crippen LogP contribution in [-0.2, 0) is 0 Å². The van der Waals surface area contributed by atoms with Crippen LogP contribution in [0.5, 0.6) is 0 Å². The summed E-state index contributed by atoms with van der Waals surface area (Å²) in [7, 11) is 0. The van der Waals surface area contributed by atoms with Crippen LogP contribution in [0.15, 0.2) is 59.3 Å². The molecule has 0 radical (unpaired) electrons. The van der Waals surface area contributed by atoms with Crippen molar-refractivity contribution in [3.8, 4) is 5.69 Å². The van der Waals surface area contributed by atoms with Gasteiger partial charge >= 0.3 is 0 Å². The van der Waals surface area contributed by atoms with Crippen molar-refractivity contribution in [1.29, 1.82) is 0 Å². The molecule has 3 aromatic rings. The van der Waals surface area contributed by atoms with Gasteiger partial charge in [-0.3, -0.25) is 0 Å².